The summed E-state index contributed by atoms with van der Waals surface area (Å²) in [7, 11) is 1.70. The molecule has 0 aliphatic carbocycles. The van der Waals surface area contributed by atoms with Crippen LogP contribution < -0.4 is 10.1 Å². The van der Waals surface area contributed by atoms with E-state index in [0.717, 1.165) is 29.3 Å². The van der Waals surface area contributed by atoms with Crippen molar-refractivity contribution in [3.63, 3.8) is 0 Å². The number of hydrogen-bond donors (Lipinski definition) is 1. The summed E-state index contributed by atoms with van der Waals surface area (Å²) >= 11 is 7.95. The first kappa shape index (κ1) is 15.4. The van der Waals surface area contributed by atoms with Crippen LogP contribution in [0.25, 0.3) is 0 Å². The topological polar surface area (TPSA) is 21.3 Å². The van der Waals surface area contributed by atoms with Gasteiger partial charge in [0.25, 0.3) is 0 Å². The van der Waals surface area contributed by atoms with Gasteiger partial charge in [-0.15, -0.1) is 11.3 Å². The molecule has 0 aliphatic rings. The predicted molar refractivity (Wildman–Crippen MR) is 87.2 cm³/mol. The van der Waals surface area contributed by atoms with Crippen LogP contribution >= 0.6 is 22.9 Å². The second-order valence-electron chi connectivity index (χ2n) is 4.72. The number of methoxy groups -OCH3 is 1. The van der Waals surface area contributed by atoms with Gasteiger partial charge in [-0.1, -0.05) is 18.5 Å². The lowest BCUT2D eigenvalue weighted by atomic mass is 10.0. The summed E-state index contributed by atoms with van der Waals surface area (Å²) in [5.41, 5.74) is 1.14. The van der Waals surface area contributed by atoms with Gasteiger partial charge in [0.1, 0.15) is 5.75 Å². The molecular weight excluding hydrogens is 290 g/mol. The standard InChI is InChI=1S/C16H20ClNOS/c1-4-18-14(16-8-5-11(2)20-16)10-12-9-13(17)6-7-15(12)19-3/h5-9,14,18H,4,10H2,1-3H3. The minimum Gasteiger partial charge on any atom is -0.496 e. The fraction of sp³-hybridized carbons (Fsp3) is 0.375. The van der Waals surface area contributed by atoms with Crippen LogP contribution in [0.5, 0.6) is 5.75 Å². The van der Waals surface area contributed by atoms with Crippen molar-refractivity contribution in [3.05, 3.63) is 50.7 Å². The maximum absolute atomic E-state index is 6.11. The van der Waals surface area contributed by atoms with Crippen molar-refractivity contribution in [1.29, 1.82) is 0 Å². The molecule has 0 spiro atoms. The van der Waals surface area contributed by atoms with Gasteiger partial charge in [-0.2, -0.15) is 0 Å². The van der Waals surface area contributed by atoms with Crippen LogP contribution in [0, 0.1) is 6.92 Å². The Labute approximate surface area is 129 Å². The monoisotopic (exact) mass is 309 g/mol. The molecule has 1 aromatic carbocycles. The first-order chi connectivity index (χ1) is 9.63. The highest BCUT2D eigenvalue weighted by Gasteiger charge is 2.16. The molecule has 2 nitrogen and oxygen atoms in total. The molecule has 1 unspecified atom stereocenters. The Morgan fingerprint density at radius 3 is 2.70 bits per heavy atom. The number of hydrogen-bond acceptors (Lipinski definition) is 3. The summed E-state index contributed by atoms with van der Waals surface area (Å²) in [4.78, 5) is 2.69. The molecular formula is C16H20ClNOS. The smallest absolute Gasteiger partial charge is 0.122 e. The van der Waals surface area contributed by atoms with Gasteiger partial charge in [-0.3, -0.25) is 0 Å². The molecule has 4 heteroatoms. The number of benzene rings is 1. The average molecular weight is 310 g/mol. The molecule has 1 atom stereocenters. The third-order valence-electron chi connectivity index (χ3n) is 3.22. The fourth-order valence-electron chi connectivity index (χ4n) is 2.29. The Bertz CT molecular complexity index is 567. The SMILES string of the molecule is CCNC(Cc1cc(Cl)ccc1OC)c1ccc(C)s1. The second-order valence-corrected chi connectivity index (χ2v) is 6.47. The van der Waals surface area contributed by atoms with Crippen molar-refractivity contribution in [1.82, 2.24) is 5.32 Å². The van der Waals surface area contributed by atoms with E-state index in [4.69, 9.17) is 16.3 Å². The van der Waals surface area contributed by atoms with E-state index in [0.29, 0.717) is 6.04 Å². The van der Waals surface area contributed by atoms with E-state index < -0.39 is 0 Å². The molecule has 0 saturated heterocycles. The summed E-state index contributed by atoms with van der Waals surface area (Å²) in [5.74, 6) is 0.894. The van der Waals surface area contributed by atoms with Gasteiger partial charge in [0.05, 0.1) is 7.11 Å². The van der Waals surface area contributed by atoms with Gasteiger partial charge >= 0.3 is 0 Å². The third-order valence-corrected chi connectivity index (χ3v) is 4.57. The van der Waals surface area contributed by atoms with Gasteiger partial charge in [-0.25, -0.2) is 0 Å². The quantitative estimate of drug-likeness (QED) is 0.841. The lowest BCUT2D eigenvalue weighted by Gasteiger charge is -2.18. The second kappa shape index (κ2) is 7.11. The molecule has 108 valence electrons. The van der Waals surface area contributed by atoms with Crippen molar-refractivity contribution in [3.8, 4) is 5.75 Å². The zero-order valence-corrected chi connectivity index (χ0v) is 13.6. The van der Waals surface area contributed by atoms with E-state index in [9.17, 15) is 0 Å². The zero-order valence-electron chi connectivity index (χ0n) is 12.1. The predicted octanol–water partition coefficient (Wildman–Crippen LogP) is 4.61. The molecule has 0 bridgehead atoms. The molecule has 0 saturated carbocycles. The van der Waals surface area contributed by atoms with E-state index >= 15 is 0 Å². The molecule has 1 aromatic heterocycles. The van der Waals surface area contributed by atoms with Crippen molar-refractivity contribution in [2.45, 2.75) is 26.3 Å². The Morgan fingerprint density at radius 1 is 1.30 bits per heavy atom. The van der Waals surface area contributed by atoms with Crippen molar-refractivity contribution in [2.75, 3.05) is 13.7 Å². The number of likely N-dealkylation sites (N-methyl/N-ethyl adjacent to an activating group) is 1. The zero-order chi connectivity index (χ0) is 14.5. The lowest BCUT2D eigenvalue weighted by Crippen LogP contribution is -2.22. The van der Waals surface area contributed by atoms with Crippen LogP contribution in [0.2, 0.25) is 5.02 Å². The third kappa shape index (κ3) is 3.75. The van der Waals surface area contributed by atoms with Crippen LogP contribution in [0.3, 0.4) is 0 Å². The van der Waals surface area contributed by atoms with E-state index in [-0.39, 0.29) is 0 Å². The summed E-state index contributed by atoms with van der Waals surface area (Å²) in [6.07, 6.45) is 0.873. The summed E-state index contributed by atoms with van der Waals surface area (Å²) < 4.78 is 5.44. The first-order valence-corrected chi connectivity index (χ1v) is 7.95. The average Bonchev–Trinajstić information content (AvgIpc) is 2.85. The van der Waals surface area contributed by atoms with Crippen LogP contribution in [-0.4, -0.2) is 13.7 Å². The maximum atomic E-state index is 6.11. The van der Waals surface area contributed by atoms with Gasteiger partial charge in [-0.05, 0) is 55.8 Å². The van der Waals surface area contributed by atoms with Gasteiger partial charge in [0.15, 0.2) is 0 Å². The molecule has 2 rings (SSSR count). The van der Waals surface area contributed by atoms with Crippen molar-refractivity contribution in [2.24, 2.45) is 0 Å². The highest BCUT2D eigenvalue weighted by molar-refractivity contribution is 7.12. The molecule has 0 radical (unpaired) electrons. The van der Waals surface area contributed by atoms with Gasteiger partial charge < -0.3 is 10.1 Å². The minimum absolute atomic E-state index is 0.297. The van der Waals surface area contributed by atoms with Crippen LogP contribution in [0.15, 0.2) is 30.3 Å². The minimum atomic E-state index is 0.297. The molecule has 0 aliphatic heterocycles. The lowest BCUT2D eigenvalue weighted by molar-refractivity contribution is 0.406. The van der Waals surface area contributed by atoms with Crippen LogP contribution in [0.1, 0.15) is 28.3 Å². The molecule has 1 heterocycles. The fourth-order valence-corrected chi connectivity index (χ4v) is 3.43. The Balaban J connectivity index is 2.26. The van der Waals surface area contributed by atoms with Crippen molar-refractivity contribution >= 4 is 22.9 Å². The van der Waals surface area contributed by atoms with E-state index in [1.807, 2.05) is 29.5 Å². The highest BCUT2D eigenvalue weighted by Crippen LogP contribution is 2.30. The Hall–Kier alpha value is -1.03. The summed E-state index contributed by atoms with van der Waals surface area (Å²) in [6, 6.07) is 10.4. The van der Waals surface area contributed by atoms with Crippen LogP contribution in [-0.2, 0) is 6.42 Å². The van der Waals surface area contributed by atoms with Crippen LogP contribution in [0.4, 0.5) is 0 Å². The van der Waals surface area contributed by atoms with E-state index in [1.54, 1.807) is 7.11 Å². The summed E-state index contributed by atoms with van der Waals surface area (Å²) in [6.45, 7) is 5.20. The Kier molecular flexibility index (Phi) is 5.46. The molecule has 0 amide bonds. The molecule has 20 heavy (non-hydrogen) atoms. The largest absolute Gasteiger partial charge is 0.496 e. The number of ether oxygens (including phenoxy) is 1. The highest BCUT2D eigenvalue weighted by atomic mass is 35.5. The molecule has 2 aromatic rings. The van der Waals surface area contributed by atoms with Gasteiger partial charge in [0, 0.05) is 20.8 Å². The summed E-state index contributed by atoms with van der Waals surface area (Å²) in [5, 5.41) is 4.29. The Morgan fingerprint density at radius 2 is 2.10 bits per heavy atom. The van der Waals surface area contributed by atoms with Crippen molar-refractivity contribution < 1.29 is 4.74 Å². The van der Waals surface area contributed by atoms with E-state index in [1.165, 1.54) is 9.75 Å². The molecule has 1 N–H and O–H groups in total. The number of aryl methyl sites for hydroxylation is 1. The normalized spacial score (nSPS) is 12.4. The molecule has 0 fully saturated rings. The number of halogens is 1. The number of nitrogens with one attached hydrogen (secondary N) is 1. The van der Waals surface area contributed by atoms with Gasteiger partial charge in [0.2, 0.25) is 0 Å². The first-order valence-electron chi connectivity index (χ1n) is 6.76. The number of rotatable bonds is 6. The number of thiophene rings is 1. The maximum Gasteiger partial charge on any atom is 0.122 e. The van der Waals surface area contributed by atoms with E-state index in [2.05, 4.69) is 31.3 Å².